The van der Waals surface area contributed by atoms with E-state index in [1.807, 2.05) is 19.2 Å². The number of hydrogen-bond acceptors (Lipinski definition) is 2. The molecule has 0 radical (unpaired) electrons. The highest BCUT2D eigenvalue weighted by molar-refractivity contribution is 5.88. The normalized spacial score (nSPS) is 43.6. The van der Waals surface area contributed by atoms with Crippen molar-refractivity contribution in [1.82, 2.24) is 5.32 Å². The van der Waals surface area contributed by atoms with Crippen LogP contribution in [0.15, 0.2) is 42.5 Å². The summed E-state index contributed by atoms with van der Waals surface area (Å²) in [5.74, 6) is 2.04. The van der Waals surface area contributed by atoms with E-state index in [4.69, 9.17) is 0 Å². The summed E-state index contributed by atoms with van der Waals surface area (Å²) in [6.45, 7) is 19.4. The number of carbonyl (C=O) groups excluding carboxylic acids is 1. The molecule has 4 fully saturated rings. The Balaban J connectivity index is 1.37. The Morgan fingerprint density at radius 1 is 0.881 bits per heavy atom. The Morgan fingerprint density at radius 2 is 1.57 bits per heavy atom. The van der Waals surface area contributed by atoms with E-state index in [1.165, 1.54) is 42.4 Å². The molecule has 1 aromatic carbocycles. The van der Waals surface area contributed by atoms with Crippen LogP contribution in [0.5, 0.6) is 0 Å². The van der Waals surface area contributed by atoms with Crippen molar-refractivity contribution in [2.45, 2.75) is 99.3 Å². The third-order valence-corrected chi connectivity index (χ3v) is 14.8. The molecule has 4 saturated carbocycles. The zero-order valence-electron chi connectivity index (χ0n) is 27.1. The lowest BCUT2D eigenvalue weighted by molar-refractivity contribution is -0.224. The van der Waals surface area contributed by atoms with Crippen molar-refractivity contribution in [2.24, 2.45) is 56.7 Å². The van der Waals surface area contributed by atoms with Crippen LogP contribution in [-0.2, 0) is 4.79 Å². The molecule has 0 bridgehead atoms. The standard InChI is InChI=1S/C38H53NO3/c1-23(2)26-15-20-38(33(42)39-8)22-21-36(6)28(31(26)38)13-14-30-35(5)18-16-27(24-9-11-25(12-10-24)32(40)41)34(3,4)29(35)17-19-37(30,36)7/h9-12,16,26,28-31H,1,13-15,17-22H2,2-8H3,(H,39,42)(H,40,41)/t26-,28+,29-,30+,31+,35-,36+,37+,38-/m0/s1. The molecule has 0 aliphatic heterocycles. The number of carboxylic acids is 1. The summed E-state index contributed by atoms with van der Waals surface area (Å²) < 4.78 is 0. The summed E-state index contributed by atoms with van der Waals surface area (Å²) in [4.78, 5) is 25.1. The molecule has 9 atom stereocenters. The van der Waals surface area contributed by atoms with Gasteiger partial charge in [-0.05, 0) is 139 Å². The average Bonchev–Trinajstić information content (AvgIpc) is 3.34. The van der Waals surface area contributed by atoms with Gasteiger partial charge in [-0.15, -0.1) is 0 Å². The molecule has 4 heteroatoms. The van der Waals surface area contributed by atoms with Crippen molar-refractivity contribution in [1.29, 1.82) is 0 Å². The number of allylic oxidation sites excluding steroid dienone is 3. The molecule has 6 rings (SSSR count). The largest absolute Gasteiger partial charge is 0.478 e. The average molecular weight is 572 g/mol. The van der Waals surface area contributed by atoms with Gasteiger partial charge in [-0.2, -0.15) is 0 Å². The maximum Gasteiger partial charge on any atom is 0.335 e. The Kier molecular flexibility index (Phi) is 6.77. The number of aromatic carboxylic acids is 1. The topological polar surface area (TPSA) is 66.4 Å². The predicted molar refractivity (Wildman–Crippen MR) is 170 cm³/mol. The van der Waals surface area contributed by atoms with Crippen molar-refractivity contribution in [3.05, 3.63) is 53.6 Å². The summed E-state index contributed by atoms with van der Waals surface area (Å²) in [6.07, 6.45) is 12.8. The molecule has 2 N–H and O–H groups in total. The quantitative estimate of drug-likeness (QED) is 0.355. The van der Waals surface area contributed by atoms with Gasteiger partial charge in [0.1, 0.15) is 0 Å². The highest BCUT2D eigenvalue weighted by Gasteiger charge is 2.71. The molecular weight excluding hydrogens is 518 g/mol. The van der Waals surface area contributed by atoms with Crippen LogP contribution in [0.25, 0.3) is 5.57 Å². The summed E-state index contributed by atoms with van der Waals surface area (Å²) in [5.41, 5.74) is 4.62. The lowest BCUT2D eigenvalue weighted by Gasteiger charge is -2.72. The van der Waals surface area contributed by atoms with Gasteiger partial charge in [-0.25, -0.2) is 4.79 Å². The zero-order chi connectivity index (χ0) is 30.5. The minimum absolute atomic E-state index is 0.00819. The molecule has 0 saturated heterocycles. The van der Waals surface area contributed by atoms with Crippen LogP contribution in [0.2, 0.25) is 0 Å². The smallest absolute Gasteiger partial charge is 0.335 e. The van der Waals surface area contributed by atoms with Crippen LogP contribution in [0.1, 0.15) is 115 Å². The molecule has 0 spiro atoms. The first-order valence-electron chi connectivity index (χ1n) is 16.6. The molecule has 0 aromatic heterocycles. The third kappa shape index (κ3) is 3.71. The van der Waals surface area contributed by atoms with E-state index < -0.39 is 5.97 Å². The van der Waals surface area contributed by atoms with Crippen LogP contribution in [0.4, 0.5) is 0 Å². The van der Waals surface area contributed by atoms with Gasteiger partial charge in [-0.1, -0.05) is 65.0 Å². The van der Waals surface area contributed by atoms with Gasteiger partial charge in [-0.3, -0.25) is 4.79 Å². The first kappa shape index (κ1) is 29.7. The van der Waals surface area contributed by atoms with Gasteiger partial charge in [0, 0.05) is 7.05 Å². The van der Waals surface area contributed by atoms with Crippen LogP contribution >= 0.6 is 0 Å². The van der Waals surface area contributed by atoms with E-state index in [0.717, 1.165) is 32.1 Å². The van der Waals surface area contributed by atoms with Crippen LogP contribution in [0.3, 0.4) is 0 Å². The molecule has 0 heterocycles. The predicted octanol–water partition coefficient (Wildman–Crippen LogP) is 8.78. The lowest BCUT2D eigenvalue weighted by Crippen LogP contribution is -2.66. The van der Waals surface area contributed by atoms with Crippen molar-refractivity contribution >= 4 is 17.4 Å². The fourth-order valence-electron chi connectivity index (χ4n) is 12.7. The number of rotatable bonds is 4. The van der Waals surface area contributed by atoms with Gasteiger partial charge >= 0.3 is 5.97 Å². The summed E-state index contributed by atoms with van der Waals surface area (Å²) in [5, 5.41) is 12.5. The number of nitrogens with one attached hydrogen (secondary N) is 1. The first-order chi connectivity index (χ1) is 19.7. The van der Waals surface area contributed by atoms with Crippen molar-refractivity contribution in [2.75, 3.05) is 7.05 Å². The summed E-state index contributed by atoms with van der Waals surface area (Å²) >= 11 is 0. The maximum atomic E-state index is 13.6. The van der Waals surface area contributed by atoms with E-state index in [1.54, 1.807) is 12.1 Å². The minimum atomic E-state index is -0.871. The van der Waals surface area contributed by atoms with Crippen LogP contribution in [-0.4, -0.2) is 24.0 Å². The van der Waals surface area contributed by atoms with E-state index in [2.05, 4.69) is 59.5 Å². The van der Waals surface area contributed by atoms with Gasteiger partial charge < -0.3 is 10.4 Å². The van der Waals surface area contributed by atoms with Gasteiger partial charge in [0.25, 0.3) is 0 Å². The molecule has 0 unspecified atom stereocenters. The summed E-state index contributed by atoms with van der Waals surface area (Å²) in [7, 11) is 1.84. The lowest BCUT2D eigenvalue weighted by atomic mass is 9.32. The minimum Gasteiger partial charge on any atom is -0.478 e. The van der Waals surface area contributed by atoms with Gasteiger partial charge in [0.15, 0.2) is 0 Å². The molecular formula is C38H53NO3. The van der Waals surface area contributed by atoms with E-state index in [-0.39, 0.29) is 33.0 Å². The Hall–Kier alpha value is -2.36. The molecule has 228 valence electrons. The fraction of sp³-hybridized carbons (Fsp3) is 0.684. The second-order valence-corrected chi connectivity index (χ2v) is 16.3. The second-order valence-electron chi connectivity index (χ2n) is 16.3. The van der Waals surface area contributed by atoms with Gasteiger partial charge in [0.05, 0.1) is 11.0 Å². The van der Waals surface area contributed by atoms with Crippen molar-refractivity contribution in [3.8, 4) is 0 Å². The van der Waals surface area contributed by atoms with E-state index in [0.29, 0.717) is 35.2 Å². The van der Waals surface area contributed by atoms with Gasteiger partial charge in [0.2, 0.25) is 5.91 Å². The van der Waals surface area contributed by atoms with Crippen LogP contribution in [0, 0.1) is 56.7 Å². The Bertz CT molecular complexity index is 1340. The third-order valence-electron chi connectivity index (χ3n) is 14.8. The molecule has 1 amide bonds. The molecule has 42 heavy (non-hydrogen) atoms. The second kappa shape index (κ2) is 9.57. The summed E-state index contributed by atoms with van der Waals surface area (Å²) in [6, 6.07) is 7.54. The highest BCUT2D eigenvalue weighted by Crippen LogP contribution is 2.77. The maximum absolute atomic E-state index is 13.6. The Morgan fingerprint density at radius 3 is 2.19 bits per heavy atom. The number of hydrogen-bond donors (Lipinski definition) is 2. The monoisotopic (exact) mass is 571 g/mol. The number of benzene rings is 1. The SMILES string of the molecule is C=C(C)[C@@H]1CC[C@]2(C(=O)NC)CC[C@]3(C)[C@H](CC[C@@H]4[C@@]5(C)CC=C(c6ccc(C(=O)O)cc6)C(C)(C)[C@@H]5CC[C@]43C)[C@@H]12. The first-order valence-corrected chi connectivity index (χ1v) is 16.6. The van der Waals surface area contributed by atoms with Crippen molar-refractivity contribution < 1.29 is 14.7 Å². The number of fused-ring (bicyclic) bond motifs is 7. The molecule has 1 aromatic rings. The number of carbonyl (C=O) groups is 2. The molecule has 4 nitrogen and oxygen atoms in total. The Labute approximate surface area is 253 Å². The highest BCUT2D eigenvalue weighted by atomic mass is 16.4. The van der Waals surface area contributed by atoms with Crippen molar-refractivity contribution in [3.63, 3.8) is 0 Å². The van der Waals surface area contributed by atoms with E-state index >= 15 is 0 Å². The molecule has 5 aliphatic rings. The molecule has 5 aliphatic carbocycles. The zero-order valence-corrected chi connectivity index (χ0v) is 27.1. The number of amides is 1. The fourth-order valence-corrected chi connectivity index (χ4v) is 12.7. The van der Waals surface area contributed by atoms with Crippen LogP contribution < -0.4 is 5.32 Å². The number of carboxylic acid groups (broad SMARTS) is 1. The van der Waals surface area contributed by atoms with E-state index in [9.17, 15) is 14.7 Å².